The summed E-state index contributed by atoms with van der Waals surface area (Å²) in [6.07, 6.45) is 7.62. The number of aromatic nitrogens is 5. The molecule has 1 N–H and O–H groups in total. The van der Waals surface area contributed by atoms with E-state index in [4.69, 9.17) is 4.98 Å². The van der Waals surface area contributed by atoms with Crippen LogP contribution >= 0.6 is 0 Å². The SMILES string of the molecule is CCN1CCN(Cc2ccc(Nc3ncc(F)c(-c4cc(C)c5nc6n(c5c4)CCCCC6)n3)nc2)CC1. The molecule has 0 aliphatic carbocycles. The number of anilines is 2. The van der Waals surface area contributed by atoms with E-state index < -0.39 is 5.82 Å². The van der Waals surface area contributed by atoms with Gasteiger partial charge in [-0.1, -0.05) is 19.4 Å². The first-order valence-electron chi connectivity index (χ1n) is 13.8. The summed E-state index contributed by atoms with van der Waals surface area (Å²) in [7, 11) is 0. The van der Waals surface area contributed by atoms with Crippen LogP contribution in [0.1, 0.15) is 43.1 Å². The fourth-order valence-corrected chi connectivity index (χ4v) is 5.61. The van der Waals surface area contributed by atoms with E-state index in [2.05, 4.69) is 47.6 Å². The van der Waals surface area contributed by atoms with Gasteiger partial charge in [0.05, 0.1) is 17.2 Å². The fourth-order valence-electron chi connectivity index (χ4n) is 5.61. The molecule has 6 rings (SSSR count). The minimum absolute atomic E-state index is 0.277. The molecule has 2 aliphatic rings. The van der Waals surface area contributed by atoms with Crippen LogP contribution in [0.5, 0.6) is 0 Å². The largest absolute Gasteiger partial charge is 0.328 e. The van der Waals surface area contributed by atoms with E-state index in [1.807, 2.05) is 31.3 Å². The molecule has 1 aromatic carbocycles. The molecule has 0 spiro atoms. The molecule has 0 atom stereocenters. The lowest BCUT2D eigenvalue weighted by atomic mass is 10.1. The second-order valence-electron chi connectivity index (χ2n) is 10.4. The quantitative estimate of drug-likeness (QED) is 0.391. The number of pyridine rings is 1. The van der Waals surface area contributed by atoms with Gasteiger partial charge in [-0.25, -0.2) is 24.3 Å². The summed E-state index contributed by atoms with van der Waals surface area (Å²) in [4.78, 5) is 23.1. The zero-order valence-electron chi connectivity index (χ0n) is 22.3. The number of likely N-dealkylation sites (N-methyl/N-ethyl adjacent to an activating group) is 1. The number of imidazole rings is 1. The van der Waals surface area contributed by atoms with Crippen LogP contribution < -0.4 is 5.32 Å². The van der Waals surface area contributed by atoms with Crippen molar-refractivity contribution in [3.05, 3.63) is 59.4 Å². The number of nitrogens with zero attached hydrogens (tertiary/aromatic N) is 7. The third-order valence-corrected chi connectivity index (χ3v) is 7.81. The molecule has 4 aromatic rings. The van der Waals surface area contributed by atoms with Crippen molar-refractivity contribution in [2.75, 3.05) is 38.0 Å². The lowest BCUT2D eigenvalue weighted by Gasteiger charge is -2.33. The molecule has 9 heteroatoms. The van der Waals surface area contributed by atoms with Crippen LogP contribution in [0, 0.1) is 12.7 Å². The van der Waals surface area contributed by atoms with Crippen molar-refractivity contribution < 1.29 is 4.39 Å². The molecule has 38 heavy (non-hydrogen) atoms. The highest BCUT2D eigenvalue weighted by atomic mass is 19.1. The molecule has 0 bridgehead atoms. The maximum absolute atomic E-state index is 15.0. The van der Waals surface area contributed by atoms with Crippen LogP contribution in [-0.2, 0) is 19.5 Å². The first kappa shape index (κ1) is 24.9. The van der Waals surface area contributed by atoms with E-state index in [1.54, 1.807) is 0 Å². The van der Waals surface area contributed by atoms with Crippen LogP contribution in [0.4, 0.5) is 16.2 Å². The Bertz CT molecular complexity index is 1420. The summed E-state index contributed by atoms with van der Waals surface area (Å²) >= 11 is 0. The van der Waals surface area contributed by atoms with E-state index in [9.17, 15) is 4.39 Å². The molecule has 1 saturated heterocycles. The molecule has 0 saturated carbocycles. The smallest absolute Gasteiger partial charge is 0.229 e. The molecule has 0 amide bonds. The molecule has 3 aromatic heterocycles. The van der Waals surface area contributed by atoms with Crippen molar-refractivity contribution in [3.8, 4) is 11.3 Å². The van der Waals surface area contributed by atoms with Gasteiger partial charge in [0.2, 0.25) is 5.95 Å². The van der Waals surface area contributed by atoms with E-state index in [0.29, 0.717) is 11.8 Å². The molecule has 198 valence electrons. The Balaban J connectivity index is 1.21. The average molecular weight is 515 g/mol. The van der Waals surface area contributed by atoms with Gasteiger partial charge in [0, 0.05) is 57.4 Å². The highest BCUT2D eigenvalue weighted by Crippen LogP contribution is 2.31. The molecule has 5 heterocycles. The second kappa shape index (κ2) is 10.7. The summed E-state index contributed by atoms with van der Waals surface area (Å²) in [5, 5.41) is 3.15. The van der Waals surface area contributed by atoms with Crippen molar-refractivity contribution in [1.82, 2.24) is 34.3 Å². The monoisotopic (exact) mass is 514 g/mol. The summed E-state index contributed by atoms with van der Waals surface area (Å²) in [6.45, 7) is 11.6. The molecule has 0 unspecified atom stereocenters. The molecular formula is C29H35FN8. The van der Waals surface area contributed by atoms with Crippen LogP contribution in [-0.4, -0.2) is 67.0 Å². The van der Waals surface area contributed by atoms with Gasteiger partial charge in [0.1, 0.15) is 17.3 Å². The Morgan fingerprint density at radius 2 is 1.76 bits per heavy atom. The van der Waals surface area contributed by atoms with Gasteiger partial charge in [-0.05, 0) is 55.6 Å². The summed E-state index contributed by atoms with van der Waals surface area (Å²) in [6, 6.07) is 8.00. The van der Waals surface area contributed by atoms with Gasteiger partial charge in [-0.15, -0.1) is 0 Å². The zero-order chi connectivity index (χ0) is 26.1. The maximum atomic E-state index is 15.0. The van der Waals surface area contributed by atoms with Gasteiger partial charge in [-0.3, -0.25) is 4.90 Å². The number of halogens is 1. The number of rotatable bonds is 6. The number of nitrogens with one attached hydrogen (secondary N) is 1. The number of hydrogen-bond donors (Lipinski definition) is 1. The van der Waals surface area contributed by atoms with Crippen molar-refractivity contribution >= 4 is 22.8 Å². The van der Waals surface area contributed by atoms with Gasteiger partial charge in [-0.2, -0.15) is 0 Å². The number of piperazine rings is 1. The Morgan fingerprint density at radius 1 is 0.921 bits per heavy atom. The van der Waals surface area contributed by atoms with Crippen LogP contribution in [0.25, 0.3) is 22.3 Å². The highest BCUT2D eigenvalue weighted by molar-refractivity contribution is 5.85. The minimum Gasteiger partial charge on any atom is -0.328 e. The Kier molecular flexibility index (Phi) is 7.04. The van der Waals surface area contributed by atoms with Crippen molar-refractivity contribution in [2.24, 2.45) is 0 Å². The first-order chi connectivity index (χ1) is 18.6. The molecule has 1 fully saturated rings. The zero-order valence-corrected chi connectivity index (χ0v) is 22.3. The van der Waals surface area contributed by atoms with Crippen LogP contribution in [0.15, 0.2) is 36.7 Å². The Morgan fingerprint density at radius 3 is 2.55 bits per heavy atom. The highest BCUT2D eigenvalue weighted by Gasteiger charge is 2.19. The number of hydrogen-bond acceptors (Lipinski definition) is 7. The molecule has 2 aliphatic heterocycles. The van der Waals surface area contributed by atoms with Crippen molar-refractivity contribution in [1.29, 1.82) is 0 Å². The van der Waals surface area contributed by atoms with Crippen LogP contribution in [0.3, 0.4) is 0 Å². The molecular weight excluding hydrogens is 479 g/mol. The Labute approximate surface area is 222 Å². The minimum atomic E-state index is -0.448. The molecule has 8 nitrogen and oxygen atoms in total. The third-order valence-electron chi connectivity index (χ3n) is 7.81. The van der Waals surface area contributed by atoms with Crippen LogP contribution in [0.2, 0.25) is 0 Å². The lowest BCUT2D eigenvalue weighted by molar-refractivity contribution is 0.132. The number of fused-ring (bicyclic) bond motifs is 3. The lowest BCUT2D eigenvalue weighted by Crippen LogP contribution is -2.45. The van der Waals surface area contributed by atoms with Gasteiger partial charge in [0.25, 0.3) is 0 Å². The van der Waals surface area contributed by atoms with Crippen molar-refractivity contribution in [2.45, 2.75) is 52.6 Å². The second-order valence-corrected chi connectivity index (χ2v) is 10.4. The summed E-state index contributed by atoms with van der Waals surface area (Å²) in [5.41, 5.74) is 5.26. The number of aryl methyl sites for hydroxylation is 3. The topological polar surface area (TPSA) is 75.0 Å². The molecule has 0 radical (unpaired) electrons. The van der Waals surface area contributed by atoms with E-state index in [-0.39, 0.29) is 5.69 Å². The van der Waals surface area contributed by atoms with E-state index >= 15 is 0 Å². The van der Waals surface area contributed by atoms with Crippen molar-refractivity contribution in [3.63, 3.8) is 0 Å². The predicted octanol–water partition coefficient (Wildman–Crippen LogP) is 4.94. The number of benzene rings is 1. The predicted molar refractivity (Wildman–Crippen MR) is 148 cm³/mol. The van der Waals surface area contributed by atoms with E-state index in [1.165, 1.54) is 18.2 Å². The summed E-state index contributed by atoms with van der Waals surface area (Å²) in [5.74, 6) is 1.63. The maximum Gasteiger partial charge on any atom is 0.229 e. The standard InChI is InChI=1S/C29H35FN8/c1-3-36-11-13-37(14-12-36)19-21-8-9-25(31-17-21)33-29-32-18-23(30)28(35-29)22-15-20(2)27-24(16-22)38-10-6-4-5-7-26(38)34-27/h8-9,15-18H,3-7,10-14,19H2,1-2H3,(H,31,32,33,35). The first-order valence-corrected chi connectivity index (χ1v) is 13.8. The average Bonchev–Trinajstić information content (AvgIpc) is 3.12. The summed E-state index contributed by atoms with van der Waals surface area (Å²) < 4.78 is 17.3. The fraction of sp³-hybridized carbons (Fsp3) is 0.448. The normalized spacial score (nSPS) is 16.9. The van der Waals surface area contributed by atoms with Gasteiger partial charge in [0.15, 0.2) is 5.82 Å². The van der Waals surface area contributed by atoms with E-state index in [0.717, 1.165) is 93.1 Å². The Hall–Kier alpha value is -3.43. The third kappa shape index (κ3) is 5.13. The van der Waals surface area contributed by atoms with Gasteiger partial charge >= 0.3 is 0 Å². The van der Waals surface area contributed by atoms with Gasteiger partial charge < -0.3 is 14.8 Å².